The Balaban J connectivity index is 1.80. The molecule has 4 aromatic carbocycles. The molecule has 46 heavy (non-hydrogen) atoms. The number of hydrogen-bond donors (Lipinski definition) is 0. The maximum Gasteiger partial charge on any atom is 0.546 e. The quantitative estimate of drug-likeness (QED) is 0.196. The van der Waals surface area contributed by atoms with Crippen LogP contribution in [0.3, 0.4) is 0 Å². The van der Waals surface area contributed by atoms with Crippen LogP contribution in [0.1, 0.15) is 101 Å². The predicted molar refractivity (Wildman–Crippen MR) is 201 cm³/mol. The van der Waals surface area contributed by atoms with Gasteiger partial charge in [0.25, 0.3) is 0 Å². The highest BCUT2D eigenvalue weighted by molar-refractivity contribution is 6.88. The first kappa shape index (κ1) is 32.4. The number of nitrogens with zero attached hydrogens (tertiary/aromatic N) is 4. The summed E-state index contributed by atoms with van der Waals surface area (Å²) >= 11 is 0. The standard InChI is InChI=1S/C40H42B2N4/c1-27(2)31-15-13-16-32(28(3)4)39(31)41-23-43-35-19-9-11-21-37(35)45-25-42(26-46-38-22-12-10-20-36(38)44-24-41)40-33(29(5)6)17-14-18-34(40)30(7)8/h9-22,27-30H,1-8H3/q+4. The monoisotopic (exact) mass is 600 g/mol. The fourth-order valence-corrected chi connectivity index (χ4v) is 6.04. The summed E-state index contributed by atoms with van der Waals surface area (Å²) < 4.78 is 0. The van der Waals surface area contributed by atoms with E-state index in [-0.39, 0.29) is 0 Å². The molecule has 0 saturated carbocycles. The van der Waals surface area contributed by atoms with E-state index in [9.17, 15) is 0 Å². The van der Waals surface area contributed by atoms with E-state index >= 15 is 0 Å². The van der Waals surface area contributed by atoms with Gasteiger partial charge in [-0.05, 0) is 76.2 Å². The zero-order valence-electron chi connectivity index (χ0n) is 28.3. The molecule has 0 aliphatic carbocycles. The first-order chi connectivity index (χ1) is 22.2. The highest BCUT2D eigenvalue weighted by atomic mass is 14.8. The van der Waals surface area contributed by atoms with Crippen LogP contribution in [0.5, 0.6) is 0 Å². The molecule has 224 valence electrons. The molecule has 5 rings (SSSR count). The van der Waals surface area contributed by atoms with Gasteiger partial charge in [0.05, 0.1) is 0 Å². The number of hydrogen-bond acceptors (Lipinski definition) is 0. The third-order valence-corrected chi connectivity index (χ3v) is 8.43. The van der Waals surface area contributed by atoms with Gasteiger partial charge in [-0.25, -0.2) is 0 Å². The van der Waals surface area contributed by atoms with Gasteiger partial charge in [0, 0.05) is 24.3 Å². The summed E-state index contributed by atoms with van der Waals surface area (Å²) in [5.74, 6) is 15.0. The average molecular weight is 600 g/mol. The van der Waals surface area contributed by atoms with Crippen molar-refractivity contribution in [3.63, 3.8) is 0 Å². The zero-order chi connectivity index (χ0) is 32.8. The minimum atomic E-state index is -0.403. The second-order valence-electron chi connectivity index (χ2n) is 13.1. The fourth-order valence-electron chi connectivity index (χ4n) is 6.04. The molecule has 0 atom stereocenters. The Kier molecular flexibility index (Phi) is 10.1. The Morgan fingerprint density at radius 1 is 0.370 bits per heavy atom. The van der Waals surface area contributed by atoms with Crippen LogP contribution in [0.25, 0.3) is 19.4 Å². The molecule has 0 bridgehead atoms. The van der Waals surface area contributed by atoms with E-state index in [1.807, 2.05) is 48.5 Å². The molecule has 4 aromatic rings. The Bertz CT molecular complexity index is 1730. The third kappa shape index (κ3) is 7.10. The molecule has 0 aromatic heterocycles. The summed E-state index contributed by atoms with van der Waals surface area (Å²) in [7, 11) is 0. The Morgan fingerprint density at radius 3 is 0.826 bits per heavy atom. The first-order valence-corrected chi connectivity index (χ1v) is 16.4. The van der Waals surface area contributed by atoms with Crippen LogP contribution in [-0.4, -0.2) is 13.4 Å². The third-order valence-electron chi connectivity index (χ3n) is 8.43. The van der Waals surface area contributed by atoms with E-state index in [0.29, 0.717) is 46.4 Å². The predicted octanol–water partition coefficient (Wildman–Crippen LogP) is 10.7. The van der Waals surface area contributed by atoms with Gasteiger partial charge in [-0.2, -0.15) is 0 Å². The van der Waals surface area contributed by atoms with Crippen LogP contribution in [0.15, 0.2) is 84.9 Å². The summed E-state index contributed by atoms with van der Waals surface area (Å²) in [4.78, 5) is 19.7. The molecule has 0 amide bonds. The molecule has 0 N–H and O–H groups in total. The van der Waals surface area contributed by atoms with Crippen LogP contribution in [0.2, 0.25) is 0 Å². The second-order valence-corrected chi connectivity index (χ2v) is 13.1. The van der Waals surface area contributed by atoms with E-state index in [4.69, 9.17) is 19.4 Å². The van der Waals surface area contributed by atoms with E-state index in [1.54, 1.807) is 0 Å². The normalized spacial score (nSPS) is 12.2. The molecular formula is C40H42B2N4+4. The molecule has 0 fully saturated rings. The topological polar surface area (TPSA) is 17.4 Å². The Morgan fingerprint density at radius 2 is 0.609 bits per heavy atom. The minimum absolute atomic E-state index is 0.310. The van der Waals surface area contributed by atoms with E-state index in [1.165, 1.54) is 22.3 Å². The van der Waals surface area contributed by atoms with Crippen molar-refractivity contribution in [2.24, 2.45) is 0 Å². The van der Waals surface area contributed by atoms with Crippen LogP contribution < -0.4 is 10.9 Å². The second kappa shape index (κ2) is 14.4. The van der Waals surface area contributed by atoms with Crippen molar-refractivity contribution < 1.29 is 0 Å². The maximum atomic E-state index is 4.93. The van der Waals surface area contributed by atoms with E-state index < -0.39 is 13.4 Å². The lowest BCUT2D eigenvalue weighted by atomic mass is 9.44. The van der Waals surface area contributed by atoms with E-state index in [2.05, 4.69) is 116 Å². The summed E-state index contributed by atoms with van der Waals surface area (Å²) in [6, 6.07) is 28.8. The molecule has 0 radical (unpaired) electrons. The first-order valence-electron chi connectivity index (χ1n) is 16.4. The number of benzene rings is 4. The van der Waals surface area contributed by atoms with Gasteiger partial charge in [0.15, 0.2) is 0 Å². The van der Waals surface area contributed by atoms with Crippen LogP contribution in [0.4, 0.5) is 22.7 Å². The molecule has 4 nitrogen and oxygen atoms in total. The molecule has 0 saturated heterocycles. The summed E-state index contributed by atoms with van der Waals surface area (Å²) in [6.45, 7) is 17.0. The fraction of sp³-hybridized carbons (Fsp3) is 0.300. The van der Waals surface area contributed by atoms with Crippen molar-refractivity contribution in [2.45, 2.75) is 79.1 Å². The smallest absolute Gasteiger partial charge is 0.0617 e. The number of rotatable bonds is 6. The van der Waals surface area contributed by atoms with Crippen molar-refractivity contribution in [3.8, 4) is 23.9 Å². The van der Waals surface area contributed by atoms with Crippen molar-refractivity contribution in [3.05, 3.63) is 127 Å². The van der Waals surface area contributed by atoms with Gasteiger partial charge < -0.3 is 0 Å². The largest absolute Gasteiger partial charge is 0.546 e. The summed E-state index contributed by atoms with van der Waals surface area (Å²) in [5.41, 5.74) is 10.1. The summed E-state index contributed by atoms with van der Waals surface area (Å²) in [5, 5.41) is 0. The van der Waals surface area contributed by atoms with Crippen molar-refractivity contribution in [1.29, 1.82) is 0 Å². The lowest BCUT2D eigenvalue weighted by molar-refractivity contribution is 0.845. The van der Waals surface area contributed by atoms with Gasteiger partial charge in [0.2, 0.25) is 23.9 Å². The number of fused-ring (bicyclic) bond motifs is 2. The molecule has 0 spiro atoms. The summed E-state index contributed by atoms with van der Waals surface area (Å²) in [6.07, 6.45) is 0. The Hall–Kier alpha value is -5.03. The van der Waals surface area contributed by atoms with Crippen molar-refractivity contribution in [1.82, 2.24) is 0 Å². The van der Waals surface area contributed by atoms with Crippen LogP contribution in [-0.2, 0) is 0 Å². The van der Waals surface area contributed by atoms with E-state index in [0.717, 1.165) is 10.9 Å². The highest BCUT2D eigenvalue weighted by Crippen LogP contribution is 2.30. The van der Waals surface area contributed by atoms with Gasteiger partial charge in [-0.1, -0.05) is 116 Å². The zero-order valence-corrected chi connectivity index (χ0v) is 28.3. The Labute approximate surface area is 275 Å². The minimum Gasteiger partial charge on any atom is -0.0617 e. The molecular weight excluding hydrogens is 558 g/mol. The van der Waals surface area contributed by atoms with Crippen molar-refractivity contribution >= 4 is 47.1 Å². The molecule has 1 aliphatic heterocycles. The van der Waals surface area contributed by atoms with Gasteiger partial charge in [-0.3, -0.25) is 0 Å². The van der Waals surface area contributed by atoms with Gasteiger partial charge in [0.1, 0.15) is 0 Å². The number of para-hydroxylation sites is 4. The molecule has 1 heterocycles. The molecule has 1 aliphatic rings. The van der Waals surface area contributed by atoms with Gasteiger partial charge >= 0.3 is 36.2 Å². The molecule has 0 unspecified atom stereocenters. The van der Waals surface area contributed by atoms with Crippen LogP contribution >= 0.6 is 0 Å². The lowest BCUT2D eigenvalue weighted by Gasteiger charge is -2.17. The molecule has 6 heteroatoms. The SMILES string of the molecule is CC(C)c1cccc(C(C)C)c1B1C#[N+]c2ccccc2[N+]#CB(c2c(C(C)C)cccc2C(C)C)C#[N+]c2ccccc2[N+]#C1. The van der Waals surface area contributed by atoms with Gasteiger partial charge in [-0.15, -0.1) is 0 Å². The van der Waals surface area contributed by atoms with Crippen LogP contribution in [0, 0.1) is 23.9 Å². The lowest BCUT2D eigenvalue weighted by Crippen LogP contribution is -2.35. The average Bonchev–Trinajstić information content (AvgIpc) is 3.04. The van der Waals surface area contributed by atoms with Crippen molar-refractivity contribution in [2.75, 3.05) is 0 Å². The maximum absolute atomic E-state index is 4.93. The highest BCUT2D eigenvalue weighted by Gasteiger charge is 2.38.